The van der Waals surface area contributed by atoms with Crippen LogP contribution in [0.15, 0.2) is 35.2 Å². The minimum atomic E-state index is -3.59. The van der Waals surface area contributed by atoms with E-state index in [1.165, 1.54) is 0 Å². The average Bonchev–Trinajstić information content (AvgIpc) is 2.92. The number of amides is 1. The molecule has 0 N–H and O–H groups in total. The number of fused-ring (bicyclic) bond motifs is 3. The van der Waals surface area contributed by atoms with Gasteiger partial charge in [-0.1, -0.05) is 0 Å². The van der Waals surface area contributed by atoms with E-state index in [4.69, 9.17) is 4.74 Å². The fraction of sp³-hybridized carbons (Fsp3) is 0.545. The Bertz CT molecular complexity index is 1080. The van der Waals surface area contributed by atoms with Crippen LogP contribution < -0.4 is 0 Å². The molecule has 3 aliphatic rings. The topological polar surface area (TPSA) is 79.8 Å². The lowest BCUT2D eigenvalue weighted by Crippen LogP contribution is -2.59. The summed E-state index contributed by atoms with van der Waals surface area (Å²) in [5.74, 6) is 0.723. The highest BCUT2D eigenvalue weighted by atomic mass is 32.2. The standard InChI is InChI=1S/C22H29N3O4S/c1-6-29-18-11-15(3)19(12-14(18)2)30(27,28)24-9-10-25-21(26)20-16(4)23-8-7-17(20)22(25,5)13-24/h7-8,11,19H,6,9-10,12-13H2,1-5H3. The molecule has 30 heavy (non-hydrogen) atoms. The molecule has 0 spiro atoms. The van der Waals surface area contributed by atoms with E-state index in [-0.39, 0.29) is 12.5 Å². The maximum absolute atomic E-state index is 13.7. The largest absolute Gasteiger partial charge is 0.494 e. The zero-order chi connectivity index (χ0) is 21.8. The van der Waals surface area contributed by atoms with Gasteiger partial charge in [-0.3, -0.25) is 9.78 Å². The van der Waals surface area contributed by atoms with E-state index in [0.717, 1.165) is 22.5 Å². The Labute approximate surface area is 178 Å². The molecule has 2 atom stereocenters. The predicted molar refractivity (Wildman–Crippen MR) is 114 cm³/mol. The quantitative estimate of drug-likeness (QED) is 0.732. The molecule has 162 valence electrons. The predicted octanol–water partition coefficient (Wildman–Crippen LogP) is 2.74. The van der Waals surface area contributed by atoms with E-state index in [1.54, 1.807) is 15.4 Å². The fourth-order valence-electron chi connectivity index (χ4n) is 4.96. The van der Waals surface area contributed by atoms with Crippen LogP contribution in [0, 0.1) is 6.92 Å². The van der Waals surface area contributed by atoms with Crippen LogP contribution in [-0.2, 0) is 20.3 Å². The molecule has 1 aromatic rings. The molecule has 0 saturated carbocycles. The first-order valence-corrected chi connectivity index (χ1v) is 11.9. The van der Waals surface area contributed by atoms with Gasteiger partial charge in [-0.25, -0.2) is 8.42 Å². The van der Waals surface area contributed by atoms with Crippen molar-refractivity contribution in [3.05, 3.63) is 52.1 Å². The molecule has 0 aromatic carbocycles. The van der Waals surface area contributed by atoms with E-state index in [1.807, 2.05) is 46.8 Å². The molecule has 1 fully saturated rings. The van der Waals surface area contributed by atoms with Gasteiger partial charge < -0.3 is 9.64 Å². The summed E-state index contributed by atoms with van der Waals surface area (Å²) in [4.78, 5) is 19.1. The van der Waals surface area contributed by atoms with Gasteiger partial charge in [0, 0.05) is 25.8 Å². The van der Waals surface area contributed by atoms with Gasteiger partial charge in [-0.05, 0) is 69.9 Å². The van der Waals surface area contributed by atoms with Crippen LogP contribution in [0.4, 0.5) is 0 Å². The van der Waals surface area contributed by atoms with Crippen LogP contribution in [-0.4, -0.2) is 60.0 Å². The van der Waals surface area contributed by atoms with Crippen molar-refractivity contribution in [1.29, 1.82) is 0 Å². The van der Waals surface area contributed by atoms with Gasteiger partial charge in [-0.15, -0.1) is 0 Å². The van der Waals surface area contributed by atoms with Crippen molar-refractivity contribution in [3.8, 4) is 0 Å². The Hall–Kier alpha value is -2.19. The van der Waals surface area contributed by atoms with Crippen molar-refractivity contribution >= 4 is 15.9 Å². The second-order valence-electron chi connectivity index (χ2n) is 8.59. The van der Waals surface area contributed by atoms with Gasteiger partial charge in [0.2, 0.25) is 10.0 Å². The minimum absolute atomic E-state index is 0.0518. The molecule has 1 saturated heterocycles. The van der Waals surface area contributed by atoms with Crippen molar-refractivity contribution in [2.45, 2.75) is 51.8 Å². The molecule has 1 aliphatic carbocycles. The highest BCUT2D eigenvalue weighted by Crippen LogP contribution is 2.43. The minimum Gasteiger partial charge on any atom is -0.494 e. The summed E-state index contributed by atoms with van der Waals surface area (Å²) < 4.78 is 34.5. The third-order valence-corrected chi connectivity index (χ3v) is 8.92. The Balaban J connectivity index is 1.66. The van der Waals surface area contributed by atoms with E-state index < -0.39 is 20.8 Å². The van der Waals surface area contributed by atoms with Crippen molar-refractivity contribution in [2.75, 3.05) is 26.2 Å². The number of hydrogen-bond acceptors (Lipinski definition) is 5. The summed E-state index contributed by atoms with van der Waals surface area (Å²) in [6, 6.07) is 1.85. The number of piperazine rings is 1. The Morgan fingerprint density at radius 3 is 2.70 bits per heavy atom. The van der Waals surface area contributed by atoms with Gasteiger partial charge in [0.05, 0.1) is 23.4 Å². The lowest BCUT2D eigenvalue weighted by atomic mass is 9.90. The first-order valence-electron chi connectivity index (χ1n) is 10.4. The van der Waals surface area contributed by atoms with Crippen molar-refractivity contribution in [1.82, 2.24) is 14.2 Å². The number of allylic oxidation sites excluding steroid dienone is 2. The molecule has 8 heteroatoms. The van der Waals surface area contributed by atoms with Crippen LogP contribution in [0.1, 0.15) is 55.7 Å². The van der Waals surface area contributed by atoms with E-state index in [9.17, 15) is 13.2 Å². The number of carbonyl (C=O) groups excluding carboxylic acids is 1. The molecule has 0 bridgehead atoms. The number of sulfonamides is 1. The summed E-state index contributed by atoms with van der Waals surface area (Å²) >= 11 is 0. The SMILES string of the molecule is CCOC1=C(C)CC(S(=O)(=O)N2CCN3C(=O)c4c(ccnc4C)C3(C)C2)C(C)=C1. The number of carbonyl (C=O) groups is 1. The number of rotatable bonds is 4. The lowest BCUT2D eigenvalue weighted by Gasteiger charge is -2.45. The first kappa shape index (κ1) is 21.1. The van der Waals surface area contributed by atoms with Crippen molar-refractivity contribution < 1.29 is 17.9 Å². The summed E-state index contributed by atoms with van der Waals surface area (Å²) in [6.07, 6.45) is 3.97. The summed E-state index contributed by atoms with van der Waals surface area (Å²) in [5, 5.41) is -0.604. The Morgan fingerprint density at radius 1 is 1.27 bits per heavy atom. The zero-order valence-electron chi connectivity index (χ0n) is 18.2. The molecule has 2 unspecified atom stereocenters. The van der Waals surface area contributed by atoms with Crippen LogP contribution in [0.5, 0.6) is 0 Å². The summed E-state index contributed by atoms with van der Waals surface area (Å²) in [5.41, 5.74) is 3.24. The Kier molecular flexibility index (Phi) is 5.05. The van der Waals surface area contributed by atoms with E-state index >= 15 is 0 Å². The van der Waals surface area contributed by atoms with Gasteiger partial charge in [-0.2, -0.15) is 4.31 Å². The number of nitrogens with zero attached hydrogens (tertiary/aromatic N) is 3. The molecule has 3 heterocycles. The van der Waals surface area contributed by atoms with Crippen molar-refractivity contribution in [2.24, 2.45) is 0 Å². The van der Waals surface area contributed by atoms with Gasteiger partial charge in [0.1, 0.15) is 11.0 Å². The van der Waals surface area contributed by atoms with Crippen LogP contribution in [0.25, 0.3) is 0 Å². The normalized spacial score (nSPS) is 27.1. The highest BCUT2D eigenvalue weighted by molar-refractivity contribution is 7.90. The molecule has 0 radical (unpaired) electrons. The third kappa shape index (κ3) is 3.00. The van der Waals surface area contributed by atoms with Crippen molar-refractivity contribution in [3.63, 3.8) is 0 Å². The highest BCUT2D eigenvalue weighted by Gasteiger charge is 2.52. The first-order chi connectivity index (χ1) is 14.1. The number of ether oxygens (including phenoxy) is 1. The third-order valence-electron chi connectivity index (χ3n) is 6.63. The number of aromatic nitrogens is 1. The van der Waals surface area contributed by atoms with Gasteiger partial charge >= 0.3 is 0 Å². The molecular formula is C22H29N3O4S. The molecule has 1 aromatic heterocycles. The maximum Gasteiger partial charge on any atom is 0.256 e. The Morgan fingerprint density at radius 2 is 2.00 bits per heavy atom. The molecule has 4 rings (SSSR count). The zero-order valence-corrected chi connectivity index (χ0v) is 19.0. The molecule has 1 amide bonds. The second-order valence-corrected chi connectivity index (χ2v) is 10.7. The second kappa shape index (κ2) is 7.20. The number of aryl methyl sites for hydroxylation is 1. The molecular weight excluding hydrogens is 402 g/mol. The van der Waals surface area contributed by atoms with E-state index in [2.05, 4.69) is 4.98 Å². The van der Waals surface area contributed by atoms with Crippen LogP contribution in [0.3, 0.4) is 0 Å². The van der Waals surface area contributed by atoms with Gasteiger partial charge in [0.25, 0.3) is 5.91 Å². The number of pyridine rings is 1. The van der Waals surface area contributed by atoms with Crippen LogP contribution >= 0.6 is 0 Å². The summed E-state index contributed by atoms with van der Waals surface area (Å²) in [6.45, 7) is 11.0. The molecule has 2 aliphatic heterocycles. The van der Waals surface area contributed by atoms with E-state index in [0.29, 0.717) is 37.4 Å². The van der Waals surface area contributed by atoms with Gasteiger partial charge in [0.15, 0.2) is 0 Å². The monoisotopic (exact) mass is 431 g/mol. The fourth-order valence-corrected chi connectivity index (χ4v) is 7.09. The van der Waals surface area contributed by atoms with Crippen LogP contribution in [0.2, 0.25) is 0 Å². The lowest BCUT2D eigenvalue weighted by molar-refractivity contribution is 0.0374. The number of hydrogen-bond donors (Lipinski definition) is 0. The molecule has 7 nitrogen and oxygen atoms in total. The summed E-state index contributed by atoms with van der Waals surface area (Å²) in [7, 11) is -3.59. The maximum atomic E-state index is 13.7. The average molecular weight is 432 g/mol. The smallest absolute Gasteiger partial charge is 0.256 e.